The summed E-state index contributed by atoms with van der Waals surface area (Å²) in [5.41, 5.74) is 1.38. The topological polar surface area (TPSA) is 56.5 Å². The fourth-order valence-electron chi connectivity index (χ4n) is 2.11. The highest BCUT2D eigenvalue weighted by Gasteiger charge is 2.19. The lowest BCUT2D eigenvalue weighted by molar-refractivity contribution is 0.0520. The minimum Gasteiger partial charge on any atom is -0.461 e. The van der Waals surface area contributed by atoms with E-state index in [0.717, 1.165) is 0 Å². The van der Waals surface area contributed by atoms with E-state index in [1.165, 1.54) is 22.7 Å². The van der Waals surface area contributed by atoms with Crippen molar-refractivity contribution in [2.75, 3.05) is 6.61 Å². The molecule has 0 atom stereocenters. The largest absolute Gasteiger partial charge is 0.461 e. The Kier molecular flexibility index (Phi) is 4.32. The monoisotopic (exact) mass is 397 g/mol. The number of hydrogen-bond acceptors (Lipinski definition) is 4. The highest BCUT2D eigenvalue weighted by Crippen LogP contribution is 2.30. The maximum atomic E-state index is 13.4. The predicted molar refractivity (Wildman–Crippen MR) is 87.0 cm³/mol. The van der Waals surface area contributed by atoms with Gasteiger partial charge in [0.05, 0.1) is 6.61 Å². The first-order chi connectivity index (χ1) is 11.0. The number of carbonyl (C=O) groups is 1. The molecule has 0 aliphatic rings. The van der Waals surface area contributed by atoms with Crippen LogP contribution in [0.25, 0.3) is 16.9 Å². The zero-order valence-electron chi connectivity index (χ0n) is 11.9. The fourth-order valence-corrected chi connectivity index (χ4v) is 2.84. The van der Waals surface area contributed by atoms with Gasteiger partial charge in [0.25, 0.3) is 0 Å². The zero-order valence-corrected chi connectivity index (χ0v) is 14.2. The fraction of sp³-hybridized carbons (Fsp3) is 0.133. The first kappa shape index (κ1) is 15.9. The number of aromatic nitrogens is 3. The van der Waals surface area contributed by atoms with Gasteiger partial charge in [0, 0.05) is 11.8 Å². The van der Waals surface area contributed by atoms with Crippen LogP contribution in [0.3, 0.4) is 0 Å². The molecular formula is C15H10BrClFN3O2. The summed E-state index contributed by atoms with van der Waals surface area (Å²) in [6.07, 6.45) is 1.46. The number of rotatable bonds is 3. The average Bonchev–Trinajstić information content (AvgIpc) is 2.97. The van der Waals surface area contributed by atoms with E-state index in [1.54, 1.807) is 19.1 Å². The maximum absolute atomic E-state index is 13.4. The van der Waals surface area contributed by atoms with Gasteiger partial charge in [0.2, 0.25) is 0 Å². The second-order valence-electron chi connectivity index (χ2n) is 4.59. The standard InChI is InChI=1S/C15H10BrClFN3O2/c1-2-23-15(22)10-7-21-13(17)11(20-12(16)14(21)19-10)8-4-3-5-9(18)6-8/h3-7H,2H2,1H3. The van der Waals surface area contributed by atoms with Crippen molar-refractivity contribution in [2.24, 2.45) is 0 Å². The molecule has 0 radical (unpaired) electrons. The van der Waals surface area contributed by atoms with Gasteiger partial charge in [-0.1, -0.05) is 23.7 Å². The number of nitrogens with zero attached hydrogens (tertiary/aromatic N) is 3. The van der Waals surface area contributed by atoms with Crippen LogP contribution in [0.15, 0.2) is 35.1 Å². The summed E-state index contributed by atoms with van der Waals surface area (Å²) in [4.78, 5) is 20.3. The molecule has 2 heterocycles. The molecule has 0 bridgehead atoms. The Bertz CT molecular complexity index is 913. The summed E-state index contributed by atoms with van der Waals surface area (Å²) in [5, 5.41) is 0.219. The quantitative estimate of drug-likeness (QED) is 0.623. The van der Waals surface area contributed by atoms with Gasteiger partial charge < -0.3 is 4.74 Å². The van der Waals surface area contributed by atoms with Gasteiger partial charge in [0.15, 0.2) is 11.3 Å². The summed E-state index contributed by atoms with van der Waals surface area (Å²) in [6.45, 7) is 1.95. The van der Waals surface area contributed by atoms with E-state index in [9.17, 15) is 9.18 Å². The van der Waals surface area contributed by atoms with Crippen LogP contribution in [0.5, 0.6) is 0 Å². The smallest absolute Gasteiger partial charge is 0.358 e. The van der Waals surface area contributed by atoms with Gasteiger partial charge >= 0.3 is 5.97 Å². The van der Waals surface area contributed by atoms with Crippen LogP contribution in [-0.2, 0) is 4.74 Å². The van der Waals surface area contributed by atoms with E-state index in [-0.39, 0.29) is 17.5 Å². The number of imidazole rings is 1. The molecular weight excluding hydrogens is 389 g/mol. The molecule has 3 rings (SSSR count). The lowest BCUT2D eigenvalue weighted by Gasteiger charge is -2.07. The lowest BCUT2D eigenvalue weighted by atomic mass is 10.1. The Morgan fingerprint density at radius 1 is 1.43 bits per heavy atom. The highest BCUT2D eigenvalue weighted by atomic mass is 79.9. The Morgan fingerprint density at radius 3 is 2.91 bits per heavy atom. The number of hydrogen-bond donors (Lipinski definition) is 0. The van der Waals surface area contributed by atoms with Gasteiger partial charge in [-0.3, -0.25) is 4.40 Å². The van der Waals surface area contributed by atoms with Crippen LogP contribution < -0.4 is 0 Å². The number of esters is 1. The number of benzene rings is 1. The van der Waals surface area contributed by atoms with Gasteiger partial charge in [0.1, 0.15) is 21.3 Å². The van der Waals surface area contributed by atoms with E-state index in [0.29, 0.717) is 21.5 Å². The molecule has 0 aliphatic carbocycles. The van der Waals surface area contributed by atoms with Crippen molar-refractivity contribution in [3.8, 4) is 11.3 Å². The lowest BCUT2D eigenvalue weighted by Crippen LogP contribution is -2.04. The van der Waals surface area contributed by atoms with Crippen molar-refractivity contribution >= 4 is 39.1 Å². The highest BCUT2D eigenvalue weighted by molar-refractivity contribution is 9.10. The van der Waals surface area contributed by atoms with Crippen molar-refractivity contribution in [3.63, 3.8) is 0 Å². The minimum atomic E-state index is -0.550. The van der Waals surface area contributed by atoms with E-state index in [4.69, 9.17) is 16.3 Å². The predicted octanol–water partition coefficient (Wildman–Crippen LogP) is 4.13. The van der Waals surface area contributed by atoms with Crippen LogP contribution >= 0.6 is 27.5 Å². The summed E-state index contributed by atoms with van der Waals surface area (Å²) in [6, 6.07) is 5.92. The van der Waals surface area contributed by atoms with E-state index in [2.05, 4.69) is 25.9 Å². The molecule has 5 nitrogen and oxygen atoms in total. The number of fused-ring (bicyclic) bond motifs is 1. The molecule has 1 aromatic carbocycles. The second-order valence-corrected chi connectivity index (χ2v) is 5.70. The third kappa shape index (κ3) is 2.94. The van der Waals surface area contributed by atoms with Crippen LogP contribution in [0, 0.1) is 5.82 Å². The third-order valence-electron chi connectivity index (χ3n) is 3.09. The maximum Gasteiger partial charge on any atom is 0.358 e. The first-order valence-electron chi connectivity index (χ1n) is 6.68. The normalized spacial score (nSPS) is 11.0. The average molecular weight is 399 g/mol. The summed E-state index contributed by atoms with van der Waals surface area (Å²) >= 11 is 9.66. The minimum absolute atomic E-state index is 0.118. The van der Waals surface area contributed by atoms with Gasteiger partial charge in [-0.2, -0.15) is 0 Å². The first-order valence-corrected chi connectivity index (χ1v) is 7.85. The van der Waals surface area contributed by atoms with E-state index < -0.39 is 11.8 Å². The molecule has 0 amide bonds. The molecule has 0 saturated carbocycles. The molecule has 3 aromatic rings. The molecule has 0 fully saturated rings. The molecule has 23 heavy (non-hydrogen) atoms. The molecule has 118 valence electrons. The number of halogens is 3. The molecule has 0 unspecified atom stereocenters. The van der Waals surface area contributed by atoms with E-state index in [1.807, 2.05) is 0 Å². The number of carbonyl (C=O) groups excluding carboxylic acids is 1. The Hall–Kier alpha value is -1.99. The molecule has 2 aromatic heterocycles. The molecule has 0 saturated heterocycles. The van der Waals surface area contributed by atoms with Gasteiger partial charge in [-0.25, -0.2) is 19.2 Å². The van der Waals surface area contributed by atoms with Crippen LogP contribution in [0.1, 0.15) is 17.4 Å². The molecule has 0 spiro atoms. The van der Waals surface area contributed by atoms with E-state index >= 15 is 0 Å². The molecule has 8 heteroatoms. The third-order valence-corrected chi connectivity index (χ3v) is 3.98. The van der Waals surface area contributed by atoms with Crippen molar-refractivity contribution in [1.82, 2.24) is 14.4 Å². The van der Waals surface area contributed by atoms with Crippen molar-refractivity contribution in [3.05, 3.63) is 51.7 Å². The summed E-state index contributed by atoms with van der Waals surface area (Å²) < 4.78 is 20.2. The van der Waals surface area contributed by atoms with Gasteiger partial charge in [-0.15, -0.1) is 0 Å². The van der Waals surface area contributed by atoms with Crippen molar-refractivity contribution in [2.45, 2.75) is 6.92 Å². The summed E-state index contributed by atoms with van der Waals surface area (Å²) in [5.74, 6) is -0.944. The van der Waals surface area contributed by atoms with Crippen molar-refractivity contribution < 1.29 is 13.9 Å². The number of ether oxygens (including phenoxy) is 1. The Morgan fingerprint density at radius 2 is 2.22 bits per heavy atom. The molecule has 0 aliphatic heterocycles. The summed E-state index contributed by atoms with van der Waals surface area (Å²) in [7, 11) is 0. The molecule has 0 N–H and O–H groups in total. The second kappa shape index (κ2) is 6.25. The Labute approximate surface area is 144 Å². The Balaban J connectivity index is 2.19. The van der Waals surface area contributed by atoms with Crippen LogP contribution in [0.4, 0.5) is 4.39 Å². The van der Waals surface area contributed by atoms with Crippen molar-refractivity contribution in [1.29, 1.82) is 0 Å². The SMILES string of the molecule is CCOC(=O)c1cn2c(Cl)c(-c3cccc(F)c3)nc(Br)c2n1. The zero-order chi connectivity index (χ0) is 16.6. The van der Waals surface area contributed by atoms with Crippen LogP contribution in [0.2, 0.25) is 5.15 Å². The van der Waals surface area contributed by atoms with Crippen LogP contribution in [-0.4, -0.2) is 26.9 Å². The van der Waals surface area contributed by atoms with Gasteiger partial charge in [-0.05, 0) is 35.0 Å².